The van der Waals surface area contributed by atoms with Crippen LogP contribution in [0.3, 0.4) is 0 Å². The van der Waals surface area contributed by atoms with E-state index in [1.165, 1.54) is 0 Å². The van der Waals surface area contributed by atoms with Crippen LogP contribution in [0.5, 0.6) is 0 Å². The molecule has 0 aliphatic heterocycles. The summed E-state index contributed by atoms with van der Waals surface area (Å²) in [5, 5.41) is 1.60. The van der Waals surface area contributed by atoms with Gasteiger partial charge >= 0.3 is 0 Å². The summed E-state index contributed by atoms with van der Waals surface area (Å²) in [5.74, 6) is 0. The quantitative estimate of drug-likeness (QED) is 0.564. The average Bonchev–Trinajstić information content (AvgIpc) is 2.20. The number of thioether (sulfide) groups is 1. The summed E-state index contributed by atoms with van der Waals surface area (Å²) in [7, 11) is 0. The fourth-order valence-corrected chi connectivity index (χ4v) is 1.95. The van der Waals surface area contributed by atoms with Gasteiger partial charge in [-0.2, -0.15) is 0 Å². The van der Waals surface area contributed by atoms with Gasteiger partial charge < -0.3 is 0 Å². The van der Waals surface area contributed by atoms with E-state index in [0.717, 1.165) is 23.3 Å². The van der Waals surface area contributed by atoms with Gasteiger partial charge in [0.05, 0.1) is 5.03 Å². The van der Waals surface area contributed by atoms with Gasteiger partial charge in [-0.05, 0) is 25.0 Å². The Morgan fingerprint density at radius 3 is 2.86 bits per heavy atom. The summed E-state index contributed by atoms with van der Waals surface area (Å²) in [6, 6.07) is 1.88. The molecule has 0 fully saturated rings. The lowest BCUT2D eigenvalue weighted by atomic mass is 10.2. The Kier molecular flexibility index (Phi) is 4.14. The minimum Gasteiger partial charge on any atom is -0.298 e. The summed E-state index contributed by atoms with van der Waals surface area (Å²) < 4.78 is 0. The van der Waals surface area contributed by atoms with E-state index in [-0.39, 0.29) is 0 Å². The standard InChI is InChI=1S/C11H15NOS/c1-4-9(3)14-11-8(2)5-10(7-13)6-12-11/h5-7,9H,4H2,1-3H3. The van der Waals surface area contributed by atoms with Gasteiger partial charge in [-0.1, -0.05) is 13.8 Å². The van der Waals surface area contributed by atoms with Crippen molar-refractivity contribution in [2.75, 3.05) is 0 Å². The van der Waals surface area contributed by atoms with Crippen LogP contribution >= 0.6 is 11.8 Å². The predicted molar refractivity (Wildman–Crippen MR) is 60.0 cm³/mol. The molecule has 2 nitrogen and oxygen atoms in total. The number of nitrogens with zero attached hydrogens (tertiary/aromatic N) is 1. The van der Waals surface area contributed by atoms with E-state index < -0.39 is 0 Å². The number of aromatic nitrogens is 1. The third kappa shape index (κ3) is 2.84. The number of hydrogen-bond donors (Lipinski definition) is 0. The molecule has 0 spiro atoms. The van der Waals surface area contributed by atoms with E-state index in [2.05, 4.69) is 18.8 Å². The maximum atomic E-state index is 10.5. The number of carbonyl (C=O) groups excluding carboxylic acids is 1. The van der Waals surface area contributed by atoms with Gasteiger partial charge in [0.2, 0.25) is 0 Å². The van der Waals surface area contributed by atoms with Crippen LogP contribution in [-0.2, 0) is 0 Å². The van der Waals surface area contributed by atoms with Crippen LogP contribution in [0.1, 0.15) is 36.2 Å². The Hall–Kier alpha value is -0.830. The minimum atomic E-state index is 0.572. The lowest BCUT2D eigenvalue weighted by Crippen LogP contribution is -1.96. The van der Waals surface area contributed by atoms with Crippen molar-refractivity contribution in [1.29, 1.82) is 0 Å². The summed E-state index contributed by atoms with van der Waals surface area (Å²) >= 11 is 1.76. The third-order valence-corrected chi connectivity index (χ3v) is 3.46. The highest BCUT2D eigenvalue weighted by atomic mass is 32.2. The second kappa shape index (κ2) is 5.15. The SMILES string of the molecule is CCC(C)Sc1ncc(C=O)cc1C. The fourth-order valence-electron chi connectivity index (χ4n) is 1.05. The van der Waals surface area contributed by atoms with Gasteiger partial charge in [0.1, 0.15) is 0 Å². The van der Waals surface area contributed by atoms with Gasteiger partial charge in [0.15, 0.2) is 6.29 Å². The molecule has 1 unspecified atom stereocenters. The average molecular weight is 209 g/mol. The predicted octanol–water partition coefficient (Wildman–Crippen LogP) is 3.09. The topological polar surface area (TPSA) is 30.0 Å². The highest BCUT2D eigenvalue weighted by molar-refractivity contribution is 7.99. The molecule has 0 bridgehead atoms. The number of hydrogen-bond acceptors (Lipinski definition) is 3. The largest absolute Gasteiger partial charge is 0.298 e. The molecule has 0 amide bonds. The maximum Gasteiger partial charge on any atom is 0.151 e. The van der Waals surface area contributed by atoms with Crippen LogP contribution < -0.4 is 0 Å². The van der Waals surface area contributed by atoms with Gasteiger partial charge in [-0.15, -0.1) is 11.8 Å². The molecule has 0 radical (unpaired) electrons. The normalized spacial score (nSPS) is 12.5. The van der Waals surface area contributed by atoms with Crippen LogP contribution in [0.2, 0.25) is 0 Å². The van der Waals surface area contributed by atoms with Crippen LogP contribution in [0, 0.1) is 6.92 Å². The molecule has 0 N–H and O–H groups in total. The molecule has 1 atom stereocenters. The van der Waals surface area contributed by atoms with Crippen molar-refractivity contribution < 1.29 is 4.79 Å². The number of carbonyl (C=O) groups is 1. The highest BCUT2D eigenvalue weighted by Gasteiger charge is 2.06. The first kappa shape index (κ1) is 11.2. The first-order valence-electron chi connectivity index (χ1n) is 4.75. The summed E-state index contributed by atoms with van der Waals surface area (Å²) in [6.45, 7) is 6.33. The molecule has 3 heteroatoms. The molecule has 0 aromatic carbocycles. The summed E-state index contributed by atoms with van der Waals surface area (Å²) in [6.07, 6.45) is 3.59. The second-order valence-electron chi connectivity index (χ2n) is 3.35. The highest BCUT2D eigenvalue weighted by Crippen LogP contribution is 2.25. The summed E-state index contributed by atoms with van der Waals surface area (Å²) in [4.78, 5) is 14.8. The maximum absolute atomic E-state index is 10.5. The van der Waals surface area contributed by atoms with E-state index in [4.69, 9.17) is 0 Å². The molecule has 1 rings (SSSR count). The van der Waals surface area contributed by atoms with Gasteiger partial charge in [-0.3, -0.25) is 4.79 Å². The van der Waals surface area contributed by atoms with Crippen LogP contribution in [0.25, 0.3) is 0 Å². The molecule has 0 saturated carbocycles. The summed E-state index contributed by atoms with van der Waals surface area (Å²) in [5.41, 5.74) is 1.73. The number of pyridine rings is 1. The molecule has 0 aliphatic carbocycles. The number of rotatable bonds is 4. The van der Waals surface area contributed by atoms with Crippen LogP contribution in [0.15, 0.2) is 17.3 Å². The molecule has 1 aromatic heterocycles. The lowest BCUT2D eigenvalue weighted by Gasteiger charge is -2.09. The monoisotopic (exact) mass is 209 g/mol. The molecule has 14 heavy (non-hydrogen) atoms. The van der Waals surface area contributed by atoms with Gasteiger partial charge in [0, 0.05) is 17.0 Å². The molecule has 0 aliphatic rings. The van der Waals surface area contributed by atoms with E-state index in [1.54, 1.807) is 18.0 Å². The van der Waals surface area contributed by atoms with E-state index in [1.807, 2.05) is 13.0 Å². The van der Waals surface area contributed by atoms with Gasteiger partial charge in [0.25, 0.3) is 0 Å². The van der Waals surface area contributed by atoms with Crippen molar-refractivity contribution in [2.45, 2.75) is 37.5 Å². The van der Waals surface area contributed by atoms with Crippen molar-refractivity contribution in [2.24, 2.45) is 0 Å². The zero-order valence-corrected chi connectivity index (χ0v) is 9.60. The second-order valence-corrected chi connectivity index (χ2v) is 4.77. The molecule has 1 aromatic rings. The first-order chi connectivity index (χ1) is 6.67. The Morgan fingerprint density at radius 1 is 1.64 bits per heavy atom. The molecule has 1 heterocycles. The zero-order chi connectivity index (χ0) is 10.6. The molecule has 0 saturated heterocycles. The smallest absolute Gasteiger partial charge is 0.151 e. The molecular weight excluding hydrogens is 194 g/mol. The Bertz CT molecular complexity index is 325. The first-order valence-corrected chi connectivity index (χ1v) is 5.63. The van der Waals surface area contributed by atoms with E-state index >= 15 is 0 Å². The third-order valence-electron chi connectivity index (χ3n) is 2.08. The molecule has 76 valence electrons. The number of aldehydes is 1. The molecular formula is C11H15NOS. The van der Waals surface area contributed by atoms with Crippen molar-refractivity contribution >= 4 is 18.0 Å². The van der Waals surface area contributed by atoms with Crippen molar-refractivity contribution in [3.05, 3.63) is 23.4 Å². The Balaban J connectivity index is 2.83. The fraction of sp³-hybridized carbons (Fsp3) is 0.455. The number of aryl methyl sites for hydroxylation is 1. The van der Waals surface area contributed by atoms with E-state index in [9.17, 15) is 4.79 Å². The van der Waals surface area contributed by atoms with Crippen LogP contribution in [0.4, 0.5) is 0 Å². The van der Waals surface area contributed by atoms with Crippen LogP contribution in [-0.4, -0.2) is 16.5 Å². The van der Waals surface area contributed by atoms with E-state index in [0.29, 0.717) is 10.8 Å². The minimum absolute atomic E-state index is 0.572. The Morgan fingerprint density at radius 2 is 2.36 bits per heavy atom. The van der Waals surface area contributed by atoms with Crippen molar-refractivity contribution in [3.63, 3.8) is 0 Å². The van der Waals surface area contributed by atoms with Crippen molar-refractivity contribution in [1.82, 2.24) is 4.98 Å². The zero-order valence-electron chi connectivity index (χ0n) is 8.78. The van der Waals surface area contributed by atoms with Crippen molar-refractivity contribution in [3.8, 4) is 0 Å². The Labute approximate surface area is 89.1 Å². The van der Waals surface area contributed by atoms with Gasteiger partial charge in [-0.25, -0.2) is 4.98 Å². The lowest BCUT2D eigenvalue weighted by molar-refractivity contribution is 0.112.